The molecule has 1 rings (SSSR count). The van der Waals surface area contributed by atoms with Crippen molar-refractivity contribution in [2.45, 2.75) is 13.3 Å². The van der Waals surface area contributed by atoms with Gasteiger partial charge in [-0.05, 0) is 30.7 Å². The number of rotatable bonds is 7. The third-order valence-corrected chi connectivity index (χ3v) is 3.23. The van der Waals surface area contributed by atoms with Gasteiger partial charge in [-0.2, -0.15) is 0 Å². The van der Waals surface area contributed by atoms with Crippen molar-refractivity contribution in [3.63, 3.8) is 0 Å². The van der Waals surface area contributed by atoms with E-state index in [-0.39, 0.29) is 0 Å². The first-order valence-corrected chi connectivity index (χ1v) is 7.86. The fourth-order valence-corrected chi connectivity index (χ4v) is 2.15. The number of nitrogen functional groups attached to an aromatic ring is 1. The van der Waals surface area contributed by atoms with Crippen LogP contribution in [0.5, 0.6) is 0 Å². The van der Waals surface area contributed by atoms with Crippen molar-refractivity contribution < 1.29 is 8.42 Å². The number of hydrogen-bond donors (Lipinski definition) is 2. The van der Waals surface area contributed by atoms with Gasteiger partial charge in [0, 0.05) is 31.0 Å². The molecule has 0 bridgehead atoms. The molecule has 5 nitrogen and oxygen atoms in total. The largest absolute Gasteiger partial charge is 0.399 e. The Morgan fingerprint density at radius 1 is 1.22 bits per heavy atom. The molecule has 102 valence electrons. The summed E-state index contributed by atoms with van der Waals surface area (Å²) in [5.41, 5.74) is 7.43. The van der Waals surface area contributed by atoms with E-state index in [4.69, 9.17) is 5.73 Å². The van der Waals surface area contributed by atoms with E-state index >= 15 is 0 Å². The summed E-state index contributed by atoms with van der Waals surface area (Å²) in [5.74, 6) is 0. The maximum absolute atomic E-state index is 11.0. The van der Waals surface area contributed by atoms with E-state index in [1.165, 1.54) is 6.26 Å². The second kappa shape index (κ2) is 6.61. The fraction of sp³-hybridized carbons (Fsp3) is 0.500. The summed E-state index contributed by atoms with van der Waals surface area (Å²) in [6.45, 7) is 4.03. The zero-order chi connectivity index (χ0) is 13.6. The number of nitrogens with two attached hydrogens (primary N) is 1. The van der Waals surface area contributed by atoms with Crippen molar-refractivity contribution in [2.75, 3.05) is 36.5 Å². The molecule has 18 heavy (non-hydrogen) atoms. The number of hydrogen-bond acceptors (Lipinski definition) is 4. The third-order valence-electron chi connectivity index (χ3n) is 2.50. The molecule has 0 fully saturated rings. The Hall–Kier alpha value is -1.27. The molecule has 0 heterocycles. The van der Waals surface area contributed by atoms with Crippen LogP contribution >= 0.6 is 0 Å². The summed E-state index contributed by atoms with van der Waals surface area (Å²) in [4.78, 5) is 2.14. The van der Waals surface area contributed by atoms with Crippen molar-refractivity contribution in [3.8, 4) is 0 Å². The summed E-state index contributed by atoms with van der Waals surface area (Å²) in [6.07, 6.45) is 2.17. The molecule has 0 spiro atoms. The van der Waals surface area contributed by atoms with Gasteiger partial charge in [-0.1, -0.05) is 6.92 Å². The van der Waals surface area contributed by atoms with Crippen LogP contribution in [0.2, 0.25) is 0 Å². The van der Waals surface area contributed by atoms with Crippen molar-refractivity contribution in [1.29, 1.82) is 0 Å². The number of benzene rings is 1. The lowest BCUT2D eigenvalue weighted by atomic mass is 10.2. The Kier molecular flexibility index (Phi) is 5.43. The van der Waals surface area contributed by atoms with E-state index in [0.29, 0.717) is 13.1 Å². The van der Waals surface area contributed by atoms with Gasteiger partial charge < -0.3 is 10.6 Å². The van der Waals surface area contributed by atoms with Gasteiger partial charge in [0.15, 0.2) is 0 Å². The molecule has 6 heteroatoms. The SMILES string of the molecule is CCCN(CCNS(C)(=O)=O)c1ccc(N)cc1. The monoisotopic (exact) mass is 271 g/mol. The average Bonchev–Trinajstić information content (AvgIpc) is 2.27. The highest BCUT2D eigenvalue weighted by Gasteiger charge is 2.06. The molecule has 0 aliphatic heterocycles. The van der Waals surface area contributed by atoms with Gasteiger partial charge in [-0.3, -0.25) is 0 Å². The van der Waals surface area contributed by atoms with E-state index in [1.54, 1.807) is 0 Å². The van der Waals surface area contributed by atoms with Crippen LogP contribution < -0.4 is 15.4 Å². The highest BCUT2D eigenvalue weighted by atomic mass is 32.2. The van der Waals surface area contributed by atoms with E-state index in [9.17, 15) is 8.42 Å². The highest BCUT2D eigenvalue weighted by molar-refractivity contribution is 7.88. The minimum atomic E-state index is -3.12. The predicted molar refractivity (Wildman–Crippen MR) is 76.2 cm³/mol. The summed E-state index contributed by atoms with van der Waals surface area (Å²) >= 11 is 0. The van der Waals surface area contributed by atoms with E-state index in [0.717, 1.165) is 24.3 Å². The molecular formula is C12H21N3O2S. The van der Waals surface area contributed by atoms with Crippen LogP contribution in [0.4, 0.5) is 11.4 Å². The van der Waals surface area contributed by atoms with Crippen LogP contribution in [0.15, 0.2) is 24.3 Å². The van der Waals surface area contributed by atoms with Gasteiger partial charge in [0.25, 0.3) is 0 Å². The molecule has 1 aromatic rings. The van der Waals surface area contributed by atoms with Gasteiger partial charge >= 0.3 is 0 Å². The van der Waals surface area contributed by atoms with Gasteiger partial charge in [0.05, 0.1) is 6.26 Å². The molecular weight excluding hydrogens is 250 g/mol. The quantitative estimate of drug-likeness (QED) is 0.726. The summed E-state index contributed by atoms with van der Waals surface area (Å²) in [6, 6.07) is 7.60. The van der Waals surface area contributed by atoms with Crippen LogP contribution in [-0.4, -0.2) is 34.3 Å². The maximum atomic E-state index is 11.0. The van der Waals surface area contributed by atoms with Crippen LogP contribution in [0.3, 0.4) is 0 Å². The smallest absolute Gasteiger partial charge is 0.208 e. The Morgan fingerprint density at radius 3 is 2.33 bits per heavy atom. The molecule has 0 aliphatic carbocycles. The molecule has 3 N–H and O–H groups in total. The van der Waals surface area contributed by atoms with E-state index < -0.39 is 10.0 Å². The Bertz CT molecular complexity index is 457. The topological polar surface area (TPSA) is 75.4 Å². The minimum absolute atomic E-state index is 0.406. The lowest BCUT2D eigenvalue weighted by Gasteiger charge is -2.24. The predicted octanol–water partition coefficient (Wildman–Crippen LogP) is 1.03. The van der Waals surface area contributed by atoms with Gasteiger partial charge in [-0.15, -0.1) is 0 Å². The van der Waals surface area contributed by atoms with Crippen LogP contribution in [-0.2, 0) is 10.0 Å². The van der Waals surface area contributed by atoms with Crippen LogP contribution in [0, 0.1) is 0 Å². The number of sulfonamides is 1. The number of anilines is 2. The van der Waals surface area contributed by atoms with Crippen LogP contribution in [0.1, 0.15) is 13.3 Å². The number of nitrogens with one attached hydrogen (secondary N) is 1. The van der Waals surface area contributed by atoms with Crippen LogP contribution in [0.25, 0.3) is 0 Å². The van der Waals surface area contributed by atoms with Gasteiger partial charge in [0.2, 0.25) is 10.0 Å². The second-order valence-corrected chi connectivity index (χ2v) is 6.08. The first-order valence-electron chi connectivity index (χ1n) is 5.97. The van der Waals surface area contributed by atoms with Gasteiger partial charge in [-0.25, -0.2) is 13.1 Å². The minimum Gasteiger partial charge on any atom is -0.399 e. The summed E-state index contributed by atoms with van der Waals surface area (Å²) in [7, 11) is -3.12. The average molecular weight is 271 g/mol. The second-order valence-electron chi connectivity index (χ2n) is 4.25. The molecule has 0 unspecified atom stereocenters. The van der Waals surface area contributed by atoms with Crippen molar-refractivity contribution in [3.05, 3.63) is 24.3 Å². The normalized spacial score (nSPS) is 11.4. The fourth-order valence-electron chi connectivity index (χ4n) is 1.69. The first kappa shape index (κ1) is 14.8. The molecule has 0 aliphatic rings. The van der Waals surface area contributed by atoms with Gasteiger partial charge in [0.1, 0.15) is 0 Å². The molecule has 0 atom stereocenters. The zero-order valence-electron chi connectivity index (χ0n) is 10.9. The highest BCUT2D eigenvalue weighted by Crippen LogP contribution is 2.16. The molecule has 0 amide bonds. The Balaban J connectivity index is 2.62. The lowest BCUT2D eigenvalue weighted by molar-refractivity contribution is 0.586. The molecule has 0 saturated carbocycles. The molecule has 0 saturated heterocycles. The lowest BCUT2D eigenvalue weighted by Crippen LogP contribution is -2.35. The molecule has 0 aromatic heterocycles. The Morgan fingerprint density at radius 2 is 1.83 bits per heavy atom. The summed E-state index contributed by atoms with van der Waals surface area (Å²) < 4.78 is 24.5. The molecule has 0 radical (unpaired) electrons. The standard InChI is InChI=1S/C12H21N3O2S/c1-3-9-15(10-8-14-18(2,16)17)12-6-4-11(13)5-7-12/h4-7,14H,3,8-10,13H2,1-2H3. The Labute approximate surface area is 109 Å². The summed E-state index contributed by atoms with van der Waals surface area (Å²) in [5, 5.41) is 0. The van der Waals surface area contributed by atoms with E-state index in [2.05, 4.69) is 16.5 Å². The number of nitrogens with zero attached hydrogens (tertiary/aromatic N) is 1. The van der Waals surface area contributed by atoms with Crippen molar-refractivity contribution >= 4 is 21.4 Å². The maximum Gasteiger partial charge on any atom is 0.208 e. The third kappa shape index (κ3) is 5.37. The van der Waals surface area contributed by atoms with E-state index in [1.807, 2.05) is 24.3 Å². The zero-order valence-corrected chi connectivity index (χ0v) is 11.7. The molecule has 1 aromatic carbocycles. The van der Waals surface area contributed by atoms with Crippen molar-refractivity contribution in [2.24, 2.45) is 0 Å². The van der Waals surface area contributed by atoms with Crippen molar-refractivity contribution in [1.82, 2.24) is 4.72 Å². The first-order chi connectivity index (χ1) is 8.42.